The van der Waals surface area contributed by atoms with Crippen molar-refractivity contribution < 1.29 is 4.79 Å². The minimum absolute atomic E-state index is 0.0237. The third-order valence-corrected chi connectivity index (χ3v) is 4.13. The van der Waals surface area contributed by atoms with Crippen molar-refractivity contribution in [2.75, 3.05) is 13.6 Å². The van der Waals surface area contributed by atoms with Crippen molar-refractivity contribution in [1.82, 2.24) is 9.88 Å². The average molecular weight is 277 g/mol. The van der Waals surface area contributed by atoms with E-state index < -0.39 is 0 Å². The predicted molar refractivity (Wildman–Crippen MR) is 78.9 cm³/mol. The smallest absolute Gasteiger partial charge is 0.225 e. The average Bonchev–Trinajstić information content (AvgIpc) is 2.80. The number of nitrogens with zero attached hydrogens (tertiary/aromatic N) is 2. The molecular weight excluding hydrogens is 258 g/mol. The topological polar surface area (TPSA) is 59.2 Å². The highest BCUT2D eigenvalue weighted by molar-refractivity contribution is 7.18. The monoisotopic (exact) mass is 277 g/mol. The molecule has 0 spiro atoms. The predicted octanol–water partition coefficient (Wildman–Crippen LogP) is 2.24. The summed E-state index contributed by atoms with van der Waals surface area (Å²) in [5, 5.41) is 0.969. The molecule has 2 aromatic rings. The fourth-order valence-electron chi connectivity index (χ4n) is 2.02. The van der Waals surface area contributed by atoms with Crippen molar-refractivity contribution in [3.05, 3.63) is 29.3 Å². The molecule has 1 atom stereocenters. The Morgan fingerprint density at radius 2 is 2.21 bits per heavy atom. The molecule has 0 aliphatic heterocycles. The van der Waals surface area contributed by atoms with Crippen LogP contribution in [-0.4, -0.2) is 29.4 Å². The lowest BCUT2D eigenvalue weighted by Crippen LogP contribution is -2.32. The number of benzene rings is 1. The zero-order valence-corrected chi connectivity index (χ0v) is 12.1. The molecule has 1 heterocycles. The molecular formula is C14H19N3OS. The van der Waals surface area contributed by atoms with Crippen molar-refractivity contribution in [3.8, 4) is 0 Å². The van der Waals surface area contributed by atoms with Gasteiger partial charge in [0, 0.05) is 13.0 Å². The fraction of sp³-hybridized carbons (Fsp3) is 0.429. The number of hydrogen-bond donors (Lipinski definition) is 1. The third-order valence-electron chi connectivity index (χ3n) is 3.11. The maximum absolute atomic E-state index is 12.1. The maximum Gasteiger partial charge on any atom is 0.225 e. The van der Waals surface area contributed by atoms with Crippen LogP contribution in [-0.2, 0) is 11.3 Å². The van der Waals surface area contributed by atoms with Crippen molar-refractivity contribution in [1.29, 1.82) is 0 Å². The van der Waals surface area contributed by atoms with Crippen LogP contribution < -0.4 is 5.73 Å². The molecule has 4 nitrogen and oxygen atoms in total. The van der Waals surface area contributed by atoms with Crippen molar-refractivity contribution in [2.45, 2.75) is 19.9 Å². The molecule has 5 heteroatoms. The first-order valence-electron chi connectivity index (χ1n) is 6.41. The largest absolute Gasteiger partial charge is 0.339 e. The summed E-state index contributed by atoms with van der Waals surface area (Å²) in [6.07, 6.45) is 0.725. The van der Waals surface area contributed by atoms with Crippen molar-refractivity contribution in [2.24, 2.45) is 11.7 Å². The summed E-state index contributed by atoms with van der Waals surface area (Å²) >= 11 is 1.64. The summed E-state index contributed by atoms with van der Waals surface area (Å²) in [5.41, 5.74) is 6.49. The van der Waals surface area contributed by atoms with E-state index in [0.717, 1.165) is 21.6 Å². The Hall–Kier alpha value is -1.46. The minimum Gasteiger partial charge on any atom is -0.339 e. The van der Waals surface area contributed by atoms with E-state index in [1.807, 2.05) is 32.2 Å². The van der Waals surface area contributed by atoms with Crippen LogP contribution in [0.5, 0.6) is 0 Å². The van der Waals surface area contributed by atoms with Gasteiger partial charge in [0.15, 0.2) is 0 Å². The van der Waals surface area contributed by atoms with Gasteiger partial charge >= 0.3 is 0 Å². The SMILES string of the molecule is CC(CCN)C(=O)N(C)Cc1nc2ccccc2s1. The lowest BCUT2D eigenvalue weighted by Gasteiger charge is -2.19. The second kappa shape index (κ2) is 6.12. The van der Waals surface area contributed by atoms with E-state index in [0.29, 0.717) is 13.1 Å². The molecule has 0 saturated heterocycles. The van der Waals surface area contributed by atoms with Gasteiger partial charge in [0.25, 0.3) is 0 Å². The van der Waals surface area contributed by atoms with Gasteiger partial charge in [-0.05, 0) is 25.1 Å². The minimum atomic E-state index is -0.0237. The van der Waals surface area contributed by atoms with Gasteiger partial charge in [-0.3, -0.25) is 4.79 Å². The molecule has 2 rings (SSSR count). The molecule has 1 unspecified atom stereocenters. The molecule has 0 aliphatic carbocycles. The molecule has 1 aromatic heterocycles. The van der Waals surface area contributed by atoms with E-state index in [1.165, 1.54) is 0 Å². The van der Waals surface area contributed by atoms with Crippen molar-refractivity contribution in [3.63, 3.8) is 0 Å². The normalized spacial score (nSPS) is 12.6. The lowest BCUT2D eigenvalue weighted by atomic mass is 10.1. The number of amides is 1. The van der Waals surface area contributed by atoms with Gasteiger partial charge in [0.05, 0.1) is 16.8 Å². The molecule has 102 valence electrons. The van der Waals surface area contributed by atoms with Crippen LogP contribution in [0.4, 0.5) is 0 Å². The number of carbonyl (C=O) groups excluding carboxylic acids is 1. The van der Waals surface area contributed by atoms with Gasteiger partial charge in [-0.15, -0.1) is 11.3 Å². The zero-order valence-electron chi connectivity index (χ0n) is 11.3. The Morgan fingerprint density at radius 3 is 2.89 bits per heavy atom. The number of fused-ring (bicyclic) bond motifs is 1. The molecule has 2 N–H and O–H groups in total. The number of thiazole rings is 1. The molecule has 0 saturated carbocycles. The van der Waals surface area contributed by atoms with Gasteiger partial charge in [0.2, 0.25) is 5.91 Å². The molecule has 1 amide bonds. The van der Waals surface area contributed by atoms with E-state index in [2.05, 4.69) is 11.1 Å². The summed E-state index contributed by atoms with van der Waals surface area (Å²) in [5.74, 6) is 0.106. The number of aromatic nitrogens is 1. The van der Waals surface area contributed by atoms with Crippen LogP contribution in [0.3, 0.4) is 0 Å². The van der Waals surface area contributed by atoms with Crippen LogP contribution in [0.1, 0.15) is 18.4 Å². The maximum atomic E-state index is 12.1. The van der Waals surface area contributed by atoms with Crippen LogP contribution in [0.2, 0.25) is 0 Å². The summed E-state index contributed by atoms with van der Waals surface area (Å²) < 4.78 is 1.16. The molecule has 19 heavy (non-hydrogen) atoms. The number of carbonyl (C=O) groups is 1. The highest BCUT2D eigenvalue weighted by Gasteiger charge is 2.18. The van der Waals surface area contributed by atoms with Crippen molar-refractivity contribution >= 4 is 27.5 Å². The summed E-state index contributed by atoms with van der Waals surface area (Å²) in [6, 6.07) is 8.02. The second-order valence-corrected chi connectivity index (χ2v) is 5.86. The zero-order chi connectivity index (χ0) is 13.8. The first-order chi connectivity index (χ1) is 9.11. The summed E-state index contributed by atoms with van der Waals surface area (Å²) in [4.78, 5) is 18.4. The van der Waals surface area contributed by atoms with Gasteiger partial charge < -0.3 is 10.6 Å². The number of hydrogen-bond acceptors (Lipinski definition) is 4. The number of nitrogens with two attached hydrogens (primary N) is 1. The number of rotatable bonds is 5. The van der Waals surface area contributed by atoms with Gasteiger partial charge in [-0.2, -0.15) is 0 Å². The lowest BCUT2D eigenvalue weighted by molar-refractivity contribution is -0.134. The van der Waals surface area contributed by atoms with Crippen LogP contribution in [0.15, 0.2) is 24.3 Å². The standard InChI is InChI=1S/C14H19N3OS/c1-10(7-8-15)14(18)17(2)9-13-16-11-5-3-4-6-12(11)19-13/h3-6,10H,7-9,15H2,1-2H3. The van der Waals surface area contributed by atoms with E-state index in [1.54, 1.807) is 16.2 Å². The number of para-hydroxylation sites is 1. The van der Waals surface area contributed by atoms with Crippen LogP contribution in [0.25, 0.3) is 10.2 Å². The van der Waals surface area contributed by atoms with Crippen LogP contribution in [0, 0.1) is 5.92 Å². The Bertz CT molecular complexity index is 534. The van der Waals surface area contributed by atoms with E-state index >= 15 is 0 Å². The summed E-state index contributed by atoms with van der Waals surface area (Å²) in [6.45, 7) is 3.03. The van der Waals surface area contributed by atoms with E-state index in [9.17, 15) is 4.79 Å². The Morgan fingerprint density at radius 1 is 1.47 bits per heavy atom. The first kappa shape index (κ1) is 14.0. The van der Waals surface area contributed by atoms with Crippen LogP contribution >= 0.6 is 11.3 Å². The quantitative estimate of drug-likeness (QED) is 0.911. The van der Waals surface area contributed by atoms with Gasteiger partial charge in [-0.1, -0.05) is 19.1 Å². The fourth-order valence-corrected chi connectivity index (χ4v) is 3.04. The van der Waals surface area contributed by atoms with E-state index in [4.69, 9.17) is 5.73 Å². The van der Waals surface area contributed by atoms with Gasteiger partial charge in [0.1, 0.15) is 5.01 Å². The summed E-state index contributed by atoms with van der Waals surface area (Å²) in [7, 11) is 1.82. The Kier molecular flexibility index (Phi) is 4.50. The second-order valence-electron chi connectivity index (χ2n) is 4.75. The third kappa shape index (κ3) is 3.30. The molecule has 0 aliphatic rings. The highest BCUT2D eigenvalue weighted by atomic mass is 32.1. The first-order valence-corrected chi connectivity index (χ1v) is 7.23. The molecule has 0 bridgehead atoms. The van der Waals surface area contributed by atoms with Gasteiger partial charge in [-0.25, -0.2) is 4.98 Å². The molecule has 1 aromatic carbocycles. The molecule has 0 fully saturated rings. The Balaban J connectivity index is 2.05. The highest BCUT2D eigenvalue weighted by Crippen LogP contribution is 2.22. The Labute approximate surface area is 117 Å². The van der Waals surface area contributed by atoms with E-state index in [-0.39, 0.29) is 11.8 Å². The molecule has 0 radical (unpaired) electrons.